The number of anilines is 3. The van der Waals surface area contributed by atoms with Crippen molar-refractivity contribution in [2.45, 2.75) is 117 Å². The largest absolute Gasteiger partial charge is 0.501 e. The smallest absolute Gasteiger partial charge is 0.444 e. The predicted molar refractivity (Wildman–Crippen MR) is 327 cm³/mol. The molecular weight excluding hydrogens is 1170 g/mol. The van der Waals surface area contributed by atoms with Crippen LogP contribution in [0.2, 0.25) is 23.2 Å². The summed E-state index contributed by atoms with van der Waals surface area (Å²) < 4.78 is 111. The van der Waals surface area contributed by atoms with Crippen LogP contribution in [0.4, 0.5) is 35.0 Å². The highest BCUT2D eigenvalue weighted by molar-refractivity contribution is 7.99. The molecule has 0 aromatic heterocycles. The number of ether oxygens (including phenoxy) is 1. The molecule has 0 spiro atoms. The number of alkyl halides is 3. The Kier molecular flexibility index (Phi) is 21.2. The molecule has 2 fully saturated rings. The first-order chi connectivity index (χ1) is 38.8. The van der Waals surface area contributed by atoms with Crippen molar-refractivity contribution >= 4 is 80.6 Å². The van der Waals surface area contributed by atoms with Crippen LogP contribution in [0.25, 0.3) is 11.1 Å². The first kappa shape index (κ1) is 65.2. The topological polar surface area (TPSA) is 178 Å². The van der Waals surface area contributed by atoms with Crippen molar-refractivity contribution in [2.24, 2.45) is 5.92 Å². The summed E-state index contributed by atoms with van der Waals surface area (Å²) in [5, 5.41) is 15.8. The highest BCUT2D eigenvalue weighted by Crippen LogP contribution is 2.41. The summed E-state index contributed by atoms with van der Waals surface area (Å²) >= 11 is 7.69. The van der Waals surface area contributed by atoms with E-state index >= 15 is 0 Å². The number of benzene rings is 5. The Morgan fingerprint density at radius 1 is 0.795 bits per heavy atom. The summed E-state index contributed by atoms with van der Waals surface area (Å²) in [6.07, 6.45) is 0.412. The number of aliphatic hydroxyl groups is 1. The Hall–Kier alpha value is -5.33. The van der Waals surface area contributed by atoms with E-state index in [4.69, 9.17) is 20.8 Å². The summed E-state index contributed by atoms with van der Waals surface area (Å²) in [7, 11) is -11.2. The van der Waals surface area contributed by atoms with Crippen molar-refractivity contribution in [1.82, 2.24) is 14.5 Å². The van der Waals surface area contributed by atoms with E-state index in [0.717, 1.165) is 45.1 Å². The summed E-state index contributed by atoms with van der Waals surface area (Å²) in [5.41, 5.74) is -2.70. The Morgan fingerprint density at radius 3 is 2.01 bits per heavy atom. The van der Waals surface area contributed by atoms with E-state index < -0.39 is 72.8 Å². The maximum Gasteiger partial charge on any atom is 0.501 e. The van der Waals surface area contributed by atoms with Crippen LogP contribution < -0.4 is 19.8 Å². The van der Waals surface area contributed by atoms with Gasteiger partial charge in [0.1, 0.15) is 10.5 Å². The number of piperidine rings is 1. The molecule has 1 unspecified atom stereocenters. The second-order valence-corrected chi connectivity index (χ2v) is 33.7. The molecule has 0 aliphatic carbocycles. The molecule has 452 valence electrons. The molecule has 2 atom stereocenters. The van der Waals surface area contributed by atoms with Gasteiger partial charge >= 0.3 is 11.6 Å². The van der Waals surface area contributed by atoms with E-state index in [1.807, 2.05) is 110 Å². The van der Waals surface area contributed by atoms with Gasteiger partial charge in [0.05, 0.1) is 16.7 Å². The van der Waals surface area contributed by atoms with E-state index in [1.165, 1.54) is 23.9 Å². The standard InChI is InChI=1S/C60H78ClF3N6O9S3Si/c1-58(2,3)79-57(73)70-35-33-69(34-36-70)48-23-25-51(42-15-19-45(61)20-16-42)52(39-48)55(71)43-27-31-68(32-28-43)47-21-17-44(18-22-47)56(72)66-82(76,77)50-24-26-53(54(40-50)81(74,75)60(62,63)64)65-46(41-80-49-13-11-10-12-14-49)29-30-67(7)37-38-78-83(8,9)59(4,5)6/h10-26,39-40,43,46,55,65,71H,27-38,41H2,1-9H3,(H,66,72)/t46?,55-/m0/s1. The number of hydrogen-bond donors (Lipinski definition) is 3. The molecule has 2 saturated heterocycles. The zero-order valence-electron chi connectivity index (χ0n) is 48.6. The normalized spacial score (nSPS) is 16.0. The fraction of sp³-hybridized carbons (Fsp3) is 0.467. The number of thioether (sulfide) groups is 1. The molecule has 5 aromatic carbocycles. The fourth-order valence-corrected chi connectivity index (χ4v) is 13.8. The highest BCUT2D eigenvalue weighted by Gasteiger charge is 2.49. The molecule has 2 heterocycles. The molecule has 2 amide bonds. The SMILES string of the molecule is CN(CCO[Si](C)(C)C(C)(C)C)CCC(CSc1ccccc1)Nc1ccc(S(=O)(=O)NC(=O)c2ccc(N3CCC([C@H](O)c4cc(N5CCN(C(=O)OC(C)(C)C)CC5)ccc4-c4ccc(Cl)cc4)CC3)cc2)cc1S(=O)(=O)C(F)(F)F. The predicted octanol–water partition coefficient (Wildman–Crippen LogP) is 12.3. The highest BCUT2D eigenvalue weighted by atomic mass is 35.5. The number of sulfonamides is 1. The second kappa shape index (κ2) is 26.9. The average molecular weight is 1240 g/mol. The van der Waals surface area contributed by atoms with Gasteiger partial charge in [-0.2, -0.15) is 13.2 Å². The van der Waals surface area contributed by atoms with Gasteiger partial charge in [0.25, 0.3) is 25.8 Å². The van der Waals surface area contributed by atoms with Crippen LogP contribution in [-0.2, 0) is 29.0 Å². The van der Waals surface area contributed by atoms with Gasteiger partial charge in [0, 0.05) is 91.1 Å². The number of hydrogen-bond acceptors (Lipinski definition) is 14. The number of piperazine rings is 1. The summed E-state index contributed by atoms with van der Waals surface area (Å²) in [6.45, 7) is 21.1. The maximum absolute atomic E-state index is 14.4. The third-order valence-electron chi connectivity index (χ3n) is 15.5. The number of nitrogens with one attached hydrogen (secondary N) is 2. The number of aliphatic hydroxyl groups excluding tert-OH is 1. The number of sulfone groups is 1. The summed E-state index contributed by atoms with van der Waals surface area (Å²) in [4.78, 5) is 33.1. The quantitative estimate of drug-likeness (QED) is 0.0467. The van der Waals surface area contributed by atoms with E-state index in [0.29, 0.717) is 95.1 Å². The lowest BCUT2D eigenvalue weighted by molar-refractivity contribution is -0.0436. The molecule has 0 bridgehead atoms. The first-order valence-electron chi connectivity index (χ1n) is 27.8. The molecule has 5 aromatic rings. The molecule has 0 saturated carbocycles. The third-order valence-corrected chi connectivity index (χ3v) is 24.3. The average Bonchev–Trinajstić information content (AvgIpc) is 3.07. The maximum atomic E-state index is 14.4. The summed E-state index contributed by atoms with van der Waals surface area (Å²) in [6, 6.07) is 30.8. The van der Waals surface area contributed by atoms with Crippen molar-refractivity contribution in [1.29, 1.82) is 0 Å². The monoisotopic (exact) mass is 1240 g/mol. The Labute approximate surface area is 498 Å². The van der Waals surface area contributed by atoms with Crippen LogP contribution in [0, 0.1) is 5.92 Å². The van der Waals surface area contributed by atoms with E-state index in [9.17, 15) is 44.7 Å². The Balaban J connectivity index is 1.01. The zero-order valence-corrected chi connectivity index (χ0v) is 52.8. The lowest BCUT2D eigenvalue weighted by Crippen LogP contribution is -2.50. The number of likely N-dealkylation sites (N-methyl/N-ethyl adjacent to an activating group) is 1. The van der Waals surface area contributed by atoms with Gasteiger partial charge in [-0.1, -0.05) is 68.8 Å². The van der Waals surface area contributed by atoms with E-state index in [2.05, 4.69) is 49.0 Å². The van der Waals surface area contributed by atoms with Gasteiger partial charge in [-0.25, -0.2) is 26.4 Å². The minimum absolute atomic E-state index is 0.0162. The van der Waals surface area contributed by atoms with Gasteiger partial charge in [-0.15, -0.1) is 11.8 Å². The van der Waals surface area contributed by atoms with Gasteiger partial charge in [-0.3, -0.25) is 4.79 Å². The van der Waals surface area contributed by atoms with Crippen LogP contribution in [0.1, 0.15) is 82.8 Å². The number of rotatable bonds is 21. The molecule has 3 N–H and O–H groups in total. The number of amides is 2. The molecule has 15 nitrogen and oxygen atoms in total. The molecule has 2 aliphatic rings. The van der Waals surface area contributed by atoms with Gasteiger partial charge in [-0.05, 0) is 173 Å². The first-order valence-corrected chi connectivity index (χ1v) is 35.0. The van der Waals surface area contributed by atoms with Gasteiger partial charge < -0.3 is 39.2 Å². The van der Waals surface area contributed by atoms with Crippen molar-refractivity contribution in [3.8, 4) is 11.1 Å². The van der Waals surface area contributed by atoms with Gasteiger partial charge in [0.2, 0.25) is 0 Å². The minimum atomic E-state index is -6.13. The van der Waals surface area contributed by atoms with Crippen molar-refractivity contribution in [2.75, 3.05) is 86.9 Å². The van der Waals surface area contributed by atoms with Gasteiger partial charge in [0.15, 0.2) is 8.32 Å². The number of nitrogens with zero attached hydrogens (tertiary/aromatic N) is 4. The zero-order chi connectivity index (χ0) is 60.7. The third kappa shape index (κ3) is 17.2. The van der Waals surface area contributed by atoms with Crippen LogP contribution >= 0.6 is 23.4 Å². The van der Waals surface area contributed by atoms with Crippen LogP contribution in [-0.4, -0.2) is 141 Å². The molecule has 2 aliphatic heterocycles. The summed E-state index contributed by atoms with van der Waals surface area (Å²) in [5.74, 6) is -0.886. The van der Waals surface area contributed by atoms with Crippen molar-refractivity contribution < 1.29 is 53.9 Å². The molecule has 83 heavy (non-hydrogen) atoms. The minimum Gasteiger partial charge on any atom is -0.444 e. The molecule has 0 radical (unpaired) electrons. The second-order valence-electron chi connectivity index (χ2n) is 23.8. The van der Waals surface area contributed by atoms with Crippen LogP contribution in [0.3, 0.4) is 0 Å². The lowest BCUT2D eigenvalue weighted by Gasteiger charge is -2.38. The van der Waals surface area contributed by atoms with E-state index in [-0.39, 0.29) is 22.6 Å². The number of carbonyl (C=O) groups excluding carboxylic acids is 2. The van der Waals surface area contributed by atoms with Crippen molar-refractivity contribution in [3.05, 3.63) is 131 Å². The van der Waals surface area contributed by atoms with E-state index in [1.54, 1.807) is 17.0 Å². The molecular formula is C60H78ClF3N6O9S3Si. The molecule has 7 rings (SSSR count). The number of carbonyl (C=O) groups is 2. The van der Waals surface area contributed by atoms with Crippen molar-refractivity contribution in [3.63, 3.8) is 0 Å². The van der Waals surface area contributed by atoms with Crippen LogP contribution in [0.5, 0.6) is 0 Å². The fourth-order valence-electron chi connectivity index (χ4n) is 9.58. The molecule has 23 heteroatoms. The van der Waals surface area contributed by atoms with Crippen LogP contribution in [0.15, 0.2) is 130 Å². The number of halogens is 4. The Bertz CT molecular complexity index is 3250. The lowest BCUT2D eigenvalue weighted by atomic mass is 9.84. The Morgan fingerprint density at radius 2 is 1.41 bits per heavy atom.